The van der Waals surface area contributed by atoms with Crippen LogP contribution in [0.3, 0.4) is 0 Å². The minimum atomic E-state index is -0.361. The van der Waals surface area contributed by atoms with Crippen LogP contribution in [-0.2, 0) is 11.3 Å². The van der Waals surface area contributed by atoms with E-state index in [0.29, 0.717) is 6.54 Å². The molecule has 0 radical (unpaired) electrons. The summed E-state index contributed by atoms with van der Waals surface area (Å²) in [6.45, 7) is 2.32. The van der Waals surface area contributed by atoms with E-state index in [1.54, 1.807) is 26.1 Å². The van der Waals surface area contributed by atoms with E-state index in [1.807, 2.05) is 4.90 Å². The molecule has 15 heavy (non-hydrogen) atoms. The third-order valence-electron chi connectivity index (χ3n) is 2.42. The van der Waals surface area contributed by atoms with Gasteiger partial charge in [0.15, 0.2) is 0 Å². The molecule has 0 spiro atoms. The number of carbonyl (C=O) groups is 1. The molecule has 1 rings (SSSR count). The molecule has 0 bridgehead atoms. The van der Waals surface area contributed by atoms with Gasteiger partial charge in [0.25, 0.3) is 0 Å². The van der Waals surface area contributed by atoms with Crippen LogP contribution in [0.25, 0.3) is 0 Å². The van der Waals surface area contributed by atoms with Gasteiger partial charge in [0.1, 0.15) is 5.82 Å². The van der Waals surface area contributed by atoms with Crippen LogP contribution in [0.15, 0.2) is 24.3 Å². The summed E-state index contributed by atoms with van der Waals surface area (Å²) in [4.78, 5) is 12.7. The maximum atomic E-state index is 12.6. The van der Waals surface area contributed by atoms with Crippen molar-refractivity contribution >= 4 is 5.91 Å². The largest absolute Gasteiger partial charge is 0.368 e. The number of likely N-dealkylation sites (N-methyl/N-ethyl adjacent to an activating group) is 1. The minimum absolute atomic E-state index is 0.260. The second kappa shape index (κ2) is 4.89. The number of primary amides is 1. The molecule has 0 heterocycles. The van der Waals surface area contributed by atoms with Crippen LogP contribution in [0.1, 0.15) is 12.5 Å². The third kappa shape index (κ3) is 3.32. The molecule has 0 saturated carbocycles. The zero-order valence-corrected chi connectivity index (χ0v) is 8.90. The summed E-state index contributed by atoms with van der Waals surface area (Å²) in [6, 6.07) is 5.87. The summed E-state index contributed by atoms with van der Waals surface area (Å²) in [5.41, 5.74) is 6.12. The SMILES string of the molecule is C[C@H](C(N)=O)N(C)Cc1ccc(F)cc1. The number of benzene rings is 1. The average Bonchev–Trinajstić information content (AvgIpc) is 2.20. The van der Waals surface area contributed by atoms with E-state index >= 15 is 0 Å². The van der Waals surface area contributed by atoms with Gasteiger partial charge in [-0.15, -0.1) is 0 Å². The second-order valence-corrected chi connectivity index (χ2v) is 3.62. The predicted molar refractivity (Wildman–Crippen MR) is 56.5 cm³/mol. The van der Waals surface area contributed by atoms with Gasteiger partial charge < -0.3 is 5.73 Å². The summed E-state index contributed by atoms with van der Waals surface area (Å²) in [5.74, 6) is -0.621. The first-order valence-electron chi connectivity index (χ1n) is 4.74. The first-order chi connectivity index (χ1) is 7.00. The molecule has 0 saturated heterocycles. The summed E-state index contributed by atoms with van der Waals surface area (Å²) in [7, 11) is 1.80. The molecule has 0 aliphatic heterocycles. The van der Waals surface area contributed by atoms with E-state index in [4.69, 9.17) is 5.73 Å². The summed E-state index contributed by atoms with van der Waals surface area (Å²) in [5, 5.41) is 0. The fraction of sp³-hybridized carbons (Fsp3) is 0.364. The van der Waals surface area contributed by atoms with Crippen molar-refractivity contribution in [3.05, 3.63) is 35.6 Å². The highest BCUT2D eigenvalue weighted by Gasteiger charge is 2.14. The molecule has 1 aromatic rings. The molecule has 0 aromatic heterocycles. The van der Waals surface area contributed by atoms with Crippen molar-refractivity contribution in [2.24, 2.45) is 5.73 Å². The van der Waals surface area contributed by atoms with E-state index in [1.165, 1.54) is 12.1 Å². The predicted octanol–water partition coefficient (Wildman–Crippen LogP) is 1.13. The number of amides is 1. The van der Waals surface area contributed by atoms with Gasteiger partial charge in [0.2, 0.25) is 5.91 Å². The quantitative estimate of drug-likeness (QED) is 0.809. The monoisotopic (exact) mass is 210 g/mol. The fourth-order valence-electron chi connectivity index (χ4n) is 1.23. The van der Waals surface area contributed by atoms with Crippen molar-refractivity contribution in [2.45, 2.75) is 19.5 Å². The van der Waals surface area contributed by atoms with E-state index in [9.17, 15) is 9.18 Å². The normalized spacial score (nSPS) is 12.8. The highest BCUT2D eigenvalue weighted by molar-refractivity contribution is 5.79. The molecular formula is C11H15FN2O. The molecule has 1 atom stereocenters. The van der Waals surface area contributed by atoms with Crippen molar-refractivity contribution in [1.82, 2.24) is 4.90 Å². The lowest BCUT2D eigenvalue weighted by Gasteiger charge is -2.21. The lowest BCUT2D eigenvalue weighted by molar-refractivity contribution is -0.122. The Kier molecular flexibility index (Phi) is 3.80. The molecule has 1 amide bonds. The van der Waals surface area contributed by atoms with E-state index in [0.717, 1.165) is 5.56 Å². The molecular weight excluding hydrogens is 195 g/mol. The van der Waals surface area contributed by atoms with Crippen LogP contribution in [0.5, 0.6) is 0 Å². The third-order valence-corrected chi connectivity index (χ3v) is 2.42. The van der Waals surface area contributed by atoms with Crippen molar-refractivity contribution < 1.29 is 9.18 Å². The number of nitrogens with two attached hydrogens (primary N) is 1. The van der Waals surface area contributed by atoms with Gasteiger partial charge in [0, 0.05) is 6.54 Å². The Hall–Kier alpha value is -1.42. The van der Waals surface area contributed by atoms with Gasteiger partial charge in [-0.2, -0.15) is 0 Å². The Balaban J connectivity index is 2.62. The molecule has 0 unspecified atom stereocenters. The Morgan fingerprint density at radius 3 is 2.47 bits per heavy atom. The van der Waals surface area contributed by atoms with Crippen LogP contribution >= 0.6 is 0 Å². The molecule has 1 aromatic carbocycles. The van der Waals surface area contributed by atoms with Crippen molar-refractivity contribution in [3.63, 3.8) is 0 Å². The summed E-state index contributed by atoms with van der Waals surface area (Å²) >= 11 is 0. The van der Waals surface area contributed by atoms with Gasteiger partial charge in [-0.3, -0.25) is 9.69 Å². The van der Waals surface area contributed by atoms with E-state index in [-0.39, 0.29) is 17.8 Å². The van der Waals surface area contributed by atoms with Crippen molar-refractivity contribution in [1.29, 1.82) is 0 Å². The van der Waals surface area contributed by atoms with E-state index in [2.05, 4.69) is 0 Å². The number of hydrogen-bond donors (Lipinski definition) is 1. The molecule has 2 N–H and O–H groups in total. The van der Waals surface area contributed by atoms with Crippen molar-refractivity contribution in [2.75, 3.05) is 7.05 Å². The molecule has 0 fully saturated rings. The number of halogens is 1. The maximum absolute atomic E-state index is 12.6. The summed E-state index contributed by atoms with van der Waals surface area (Å²) < 4.78 is 12.6. The standard InChI is InChI=1S/C11H15FN2O/c1-8(11(13)15)14(2)7-9-3-5-10(12)6-4-9/h3-6,8H,7H2,1-2H3,(H2,13,15)/t8-/m1/s1. The van der Waals surface area contributed by atoms with Crippen LogP contribution in [0.4, 0.5) is 4.39 Å². The molecule has 82 valence electrons. The summed E-state index contributed by atoms with van der Waals surface area (Å²) in [6.07, 6.45) is 0. The molecule has 4 heteroatoms. The number of nitrogens with zero attached hydrogens (tertiary/aromatic N) is 1. The molecule has 3 nitrogen and oxygen atoms in total. The first-order valence-corrected chi connectivity index (χ1v) is 4.74. The van der Waals surface area contributed by atoms with Gasteiger partial charge >= 0.3 is 0 Å². The van der Waals surface area contributed by atoms with Crippen LogP contribution in [0.2, 0.25) is 0 Å². The fourth-order valence-corrected chi connectivity index (χ4v) is 1.23. The van der Waals surface area contributed by atoms with Gasteiger partial charge in [-0.25, -0.2) is 4.39 Å². The minimum Gasteiger partial charge on any atom is -0.368 e. The molecule has 0 aliphatic rings. The van der Waals surface area contributed by atoms with Crippen LogP contribution < -0.4 is 5.73 Å². The Morgan fingerprint density at radius 2 is 2.00 bits per heavy atom. The zero-order valence-electron chi connectivity index (χ0n) is 8.90. The molecule has 0 aliphatic carbocycles. The zero-order chi connectivity index (χ0) is 11.4. The highest BCUT2D eigenvalue weighted by Crippen LogP contribution is 2.07. The maximum Gasteiger partial charge on any atom is 0.234 e. The van der Waals surface area contributed by atoms with Crippen LogP contribution in [-0.4, -0.2) is 23.9 Å². The van der Waals surface area contributed by atoms with Gasteiger partial charge in [0.05, 0.1) is 6.04 Å². The number of rotatable bonds is 4. The van der Waals surface area contributed by atoms with Crippen molar-refractivity contribution in [3.8, 4) is 0 Å². The first kappa shape index (κ1) is 11.7. The Morgan fingerprint density at radius 1 is 1.47 bits per heavy atom. The smallest absolute Gasteiger partial charge is 0.234 e. The number of carbonyl (C=O) groups excluding carboxylic acids is 1. The number of hydrogen-bond acceptors (Lipinski definition) is 2. The van der Waals surface area contributed by atoms with Crippen LogP contribution in [0, 0.1) is 5.82 Å². The topological polar surface area (TPSA) is 46.3 Å². The lowest BCUT2D eigenvalue weighted by Crippen LogP contribution is -2.39. The Bertz CT molecular complexity index is 337. The highest BCUT2D eigenvalue weighted by atomic mass is 19.1. The van der Waals surface area contributed by atoms with E-state index < -0.39 is 0 Å². The Labute approximate surface area is 88.7 Å². The van der Waals surface area contributed by atoms with Gasteiger partial charge in [-0.05, 0) is 31.7 Å². The average molecular weight is 210 g/mol. The van der Waals surface area contributed by atoms with Gasteiger partial charge in [-0.1, -0.05) is 12.1 Å². The second-order valence-electron chi connectivity index (χ2n) is 3.62. The lowest BCUT2D eigenvalue weighted by atomic mass is 10.2.